The molecule has 2 saturated heterocycles. The molecule has 2 heterocycles. The lowest BCUT2D eigenvalue weighted by molar-refractivity contribution is 0.273. The van der Waals surface area contributed by atoms with Gasteiger partial charge in [-0.1, -0.05) is 6.92 Å². The van der Waals surface area contributed by atoms with Gasteiger partial charge in [-0.2, -0.15) is 0 Å². The number of guanidine groups is 1. The average Bonchev–Trinajstić information content (AvgIpc) is 2.81. The van der Waals surface area contributed by atoms with Crippen LogP contribution in [0.3, 0.4) is 0 Å². The fourth-order valence-electron chi connectivity index (χ4n) is 3.04. The van der Waals surface area contributed by atoms with Crippen molar-refractivity contribution in [1.29, 1.82) is 0 Å². The zero-order chi connectivity index (χ0) is 13.7. The molecule has 2 fully saturated rings. The number of piperidine rings is 1. The zero-order valence-electron chi connectivity index (χ0n) is 12.9. The summed E-state index contributed by atoms with van der Waals surface area (Å²) in [7, 11) is 2.21. The molecule has 0 aromatic carbocycles. The van der Waals surface area contributed by atoms with Gasteiger partial charge in [0.1, 0.15) is 0 Å². The van der Waals surface area contributed by atoms with Gasteiger partial charge in [-0.25, -0.2) is 0 Å². The van der Waals surface area contributed by atoms with Gasteiger partial charge in [0.2, 0.25) is 0 Å². The predicted octanol–water partition coefficient (Wildman–Crippen LogP) is 1.64. The summed E-state index contributed by atoms with van der Waals surface area (Å²) in [5.41, 5.74) is 0. The van der Waals surface area contributed by atoms with Crippen LogP contribution >= 0.6 is 0 Å². The maximum Gasteiger partial charge on any atom is 0.193 e. The van der Waals surface area contributed by atoms with E-state index in [1.807, 2.05) is 0 Å². The van der Waals surface area contributed by atoms with Crippen molar-refractivity contribution >= 4 is 5.96 Å². The first kappa shape index (κ1) is 14.6. The van der Waals surface area contributed by atoms with Crippen LogP contribution in [0.15, 0.2) is 4.99 Å². The number of likely N-dealkylation sites (tertiary alicyclic amines) is 2. The van der Waals surface area contributed by atoms with Crippen LogP contribution in [0.1, 0.15) is 33.1 Å². The predicted molar refractivity (Wildman–Crippen MR) is 81.6 cm³/mol. The molecule has 0 saturated carbocycles. The van der Waals surface area contributed by atoms with Crippen molar-refractivity contribution in [1.82, 2.24) is 15.1 Å². The molecule has 1 unspecified atom stereocenters. The molecule has 0 bridgehead atoms. The summed E-state index contributed by atoms with van der Waals surface area (Å²) >= 11 is 0. The molecule has 1 N–H and O–H groups in total. The van der Waals surface area contributed by atoms with Crippen LogP contribution in [0.5, 0.6) is 0 Å². The van der Waals surface area contributed by atoms with E-state index in [-0.39, 0.29) is 0 Å². The summed E-state index contributed by atoms with van der Waals surface area (Å²) in [6.45, 7) is 11.2. The molecule has 19 heavy (non-hydrogen) atoms. The van der Waals surface area contributed by atoms with Crippen molar-refractivity contribution in [3.8, 4) is 0 Å². The quantitative estimate of drug-likeness (QED) is 0.622. The van der Waals surface area contributed by atoms with E-state index in [1.54, 1.807) is 0 Å². The Morgan fingerprint density at radius 3 is 2.53 bits per heavy atom. The van der Waals surface area contributed by atoms with E-state index in [9.17, 15) is 0 Å². The smallest absolute Gasteiger partial charge is 0.193 e. The van der Waals surface area contributed by atoms with Gasteiger partial charge in [-0.3, -0.25) is 4.99 Å². The zero-order valence-corrected chi connectivity index (χ0v) is 12.9. The molecule has 0 aromatic rings. The lowest BCUT2D eigenvalue weighted by Gasteiger charge is -2.33. The Labute approximate surface area is 118 Å². The van der Waals surface area contributed by atoms with Crippen molar-refractivity contribution in [2.45, 2.75) is 33.1 Å². The molecule has 0 radical (unpaired) electrons. The third-order valence-electron chi connectivity index (χ3n) is 4.41. The number of aliphatic imine (C=N–C) groups is 1. The van der Waals surface area contributed by atoms with Crippen LogP contribution in [-0.2, 0) is 0 Å². The number of nitrogens with one attached hydrogen (secondary N) is 1. The third kappa shape index (κ3) is 4.37. The Morgan fingerprint density at radius 2 is 1.95 bits per heavy atom. The Bertz CT molecular complexity index is 295. The maximum atomic E-state index is 4.88. The maximum absolute atomic E-state index is 4.88. The fourth-order valence-corrected chi connectivity index (χ4v) is 3.04. The van der Waals surface area contributed by atoms with Crippen LogP contribution in [0.2, 0.25) is 0 Å². The lowest BCUT2D eigenvalue weighted by atomic mass is 9.99. The molecule has 0 amide bonds. The number of nitrogens with zero attached hydrogens (tertiary/aromatic N) is 3. The normalized spacial score (nSPS) is 27.0. The first-order valence-corrected chi connectivity index (χ1v) is 7.90. The van der Waals surface area contributed by atoms with Gasteiger partial charge in [-0.05, 0) is 51.6 Å². The molecular weight excluding hydrogens is 236 g/mol. The molecule has 2 rings (SSSR count). The van der Waals surface area contributed by atoms with E-state index in [1.165, 1.54) is 32.4 Å². The summed E-state index contributed by atoms with van der Waals surface area (Å²) < 4.78 is 0. The highest BCUT2D eigenvalue weighted by Gasteiger charge is 2.21. The van der Waals surface area contributed by atoms with E-state index >= 15 is 0 Å². The molecule has 2 aliphatic rings. The second kappa shape index (κ2) is 7.13. The first-order valence-electron chi connectivity index (χ1n) is 7.90. The van der Waals surface area contributed by atoms with Gasteiger partial charge in [0.05, 0.1) is 0 Å². The molecular formula is C15H30N4. The van der Waals surface area contributed by atoms with Crippen LogP contribution in [0.4, 0.5) is 0 Å². The Kier molecular flexibility index (Phi) is 5.49. The van der Waals surface area contributed by atoms with Gasteiger partial charge in [0.15, 0.2) is 5.96 Å². The average molecular weight is 266 g/mol. The summed E-state index contributed by atoms with van der Waals surface area (Å²) in [4.78, 5) is 9.74. The van der Waals surface area contributed by atoms with Gasteiger partial charge >= 0.3 is 0 Å². The molecule has 0 spiro atoms. The monoisotopic (exact) mass is 266 g/mol. The second-order valence-corrected chi connectivity index (χ2v) is 6.28. The molecule has 0 aromatic heterocycles. The van der Waals surface area contributed by atoms with Gasteiger partial charge in [-0.15, -0.1) is 0 Å². The topological polar surface area (TPSA) is 30.9 Å². The second-order valence-electron chi connectivity index (χ2n) is 6.28. The Hall–Kier alpha value is -0.770. The minimum Gasteiger partial charge on any atom is -0.357 e. The van der Waals surface area contributed by atoms with Gasteiger partial charge < -0.3 is 15.1 Å². The highest BCUT2D eigenvalue weighted by atomic mass is 15.3. The van der Waals surface area contributed by atoms with E-state index in [2.05, 4.69) is 36.0 Å². The molecule has 0 aliphatic carbocycles. The van der Waals surface area contributed by atoms with Crippen molar-refractivity contribution in [2.24, 2.45) is 16.8 Å². The molecule has 110 valence electrons. The highest BCUT2D eigenvalue weighted by molar-refractivity contribution is 5.80. The summed E-state index contributed by atoms with van der Waals surface area (Å²) in [5.74, 6) is 2.77. The van der Waals surface area contributed by atoms with Crippen molar-refractivity contribution in [2.75, 3.05) is 46.3 Å². The van der Waals surface area contributed by atoms with E-state index in [4.69, 9.17) is 4.99 Å². The standard InChI is InChI=1S/C15H30N4/c1-4-16-15(19-9-5-13(2)6-10-19)17-11-14-7-8-18(3)12-14/h13-14H,4-12H2,1-3H3,(H,16,17). The Balaban J connectivity index is 1.87. The summed E-state index contributed by atoms with van der Waals surface area (Å²) in [6, 6.07) is 0. The fraction of sp³-hybridized carbons (Fsp3) is 0.933. The van der Waals surface area contributed by atoms with Gasteiger partial charge in [0, 0.05) is 32.7 Å². The molecule has 4 heteroatoms. The van der Waals surface area contributed by atoms with Crippen molar-refractivity contribution in [3.63, 3.8) is 0 Å². The van der Waals surface area contributed by atoms with Crippen LogP contribution in [0, 0.1) is 11.8 Å². The number of rotatable bonds is 3. The van der Waals surface area contributed by atoms with Crippen molar-refractivity contribution < 1.29 is 0 Å². The Morgan fingerprint density at radius 1 is 1.21 bits per heavy atom. The third-order valence-corrected chi connectivity index (χ3v) is 4.41. The minimum atomic E-state index is 0.752. The molecule has 1 atom stereocenters. The van der Waals surface area contributed by atoms with Crippen LogP contribution in [-0.4, -0.2) is 62.1 Å². The van der Waals surface area contributed by atoms with Crippen LogP contribution < -0.4 is 5.32 Å². The minimum absolute atomic E-state index is 0.752. The SMILES string of the molecule is CCNC(=NCC1CCN(C)C1)N1CCC(C)CC1. The van der Waals surface area contributed by atoms with Gasteiger partial charge in [0.25, 0.3) is 0 Å². The van der Waals surface area contributed by atoms with E-state index in [0.717, 1.165) is 44.0 Å². The number of hydrogen-bond donors (Lipinski definition) is 1. The van der Waals surface area contributed by atoms with E-state index in [0.29, 0.717) is 0 Å². The summed E-state index contributed by atoms with van der Waals surface area (Å²) in [5, 5.41) is 3.46. The highest BCUT2D eigenvalue weighted by Crippen LogP contribution is 2.17. The molecule has 4 nitrogen and oxygen atoms in total. The lowest BCUT2D eigenvalue weighted by Crippen LogP contribution is -2.45. The largest absolute Gasteiger partial charge is 0.357 e. The van der Waals surface area contributed by atoms with Crippen LogP contribution in [0.25, 0.3) is 0 Å². The van der Waals surface area contributed by atoms with E-state index < -0.39 is 0 Å². The van der Waals surface area contributed by atoms with Crippen molar-refractivity contribution in [3.05, 3.63) is 0 Å². The molecule has 2 aliphatic heterocycles. The summed E-state index contributed by atoms with van der Waals surface area (Å²) in [6.07, 6.45) is 3.91. The first-order chi connectivity index (χ1) is 9.19. The number of hydrogen-bond acceptors (Lipinski definition) is 2.